The highest BCUT2D eigenvalue weighted by Crippen LogP contribution is 2.19. The number of nitro groups is 1. The van der Waals surface area contributed by atoms with Crippen molar-refractivity contribution >= 4 is 17.7 Å². The van der Waals surface area contributed by atoms with Crippen molar-refractivity contribution in [2.75, 3.05) is 19.6 Å². The molecule has 0 heterocycles. The molecule has 2 aromatic rings. The molecule has 0 saturated carbocycles. The normalized spacial score (nSPS) is 12.3. The summed E-state index contributed by atoms with van der Waals surface area (Å²) in [7, 11) is 0. The van der Waals surface area contributed by atoms with Gasteiger partial charge in [0.15, 0.2) is 0 Å². The van der Waals surface area contributed by atoms with Crippen molar-refractivity contribution in [2.45, 2.75) is 19.9 Å². The first kappa shape index (κ1) is 20.3. The first-order valence-electron chi connectivity index (χ1n) is 9.04. The highest BCUT2D eigenvalue weighted by Gasteiger charge is 2.18. The van der Waals surface area contributed by atoms with Gasteiger partial charge in [-0.15, -0.1) is 0 Å². The van der Waals surface area contributed by atoms with Crippen LogP contribution in [0.2, 0.25) is 0 Å². The monoisotopic (exact) mass is 367 g/mol. The van der Waals surface area contributed by atoms with E-state index in [1.807, 2.05) is 18.2 Å². The maximum atomic E-state index is 12.2. The zero-order valence-electron chi connectivity index (χ0n) is 15.7. The van der Waals surface area contributed by atoms with Gasteiger partial charge in [0.1, 0.15) is 0 Å². The van der Waals surface area contributed by atoms with Crippen LogP contribution in [-0.4, -0.2) is 35.4 Å². The van der Waals surface area contributed by atoms with Crippen molar-refractivity contribution in [1.82, 2.24) is 10.2 Å². The second-order valence-electron chi connectivity index (χ2n) is 6.08. The Bertz CT molecular complexity index is 786. The van der Waals surface area contributed by atoms with Gasteiger partial charge in [-0.05, 0) is 30.3 Å². The van der Waals surface area contributed by atoms with Crippen LogP contribution in [0.15, 0.2) is 60.7 Å². The van der Waals surface area contributed by atoms with Crippen LogP contribution in [0.25, 0.3) is 6.08 Å². The van der Waals surface area contributed by atoms with Crippen LogP contribution in [0.3, 0.4) is 0 Å². The molecule has 0 aliphatic rings. The molecule has 27 heavy (non-hydrogen) atoms. The number of non-ortho nitro benzene ring substituents is 1. The Hall–Kier alpha value is -2.99. The summed E-state index contributed by atoms with van der Waals surface area (Å²) in [5.74, 6) is -0.227. The summed E-state index contributed by atoms with van der Waals surface area (Å²) in [6.45, 7) is 6.46. The van der Waals surface area contributed by atoms with Crippen LogP contribution in [-0.2, 0) is 4.79 Å². The SMILES string of the molecule is CCN(CC)[C@H](CNC(=O)/C=C/c1cccc([N+](=O)[O-])c1)c1ccccc1. The van der Waals surface area contributed by atoms with Gasteiger partial charge in [-0.1, -0.05) is 56.3 Å². The van der Waals surface area contributed by atoms with Crippen LogP contribution >= 0.6 is 0 Å². The van der Waals surface area contributed by atoms with E-state index < -0.39 is 4.92 Å². The molecule has 1 atom stereocenters. The van der Waals surface area contributed by atoms with E-state index in [9.17, 15) is 14.9 Å². The molecule has 2 rings (SSSR count). The first-order valence-corrected chi connectivity index (χ1v) is 9.04. The Morgan fingerprint density at radius 3 is 2.48 bits per heavy atom. The highest BCUT2D eigenvalue weighted by molar-refractivity contribution is 5.91. The van der Waals surface area contributed by atoms with Gasteiger partial charge >= 0.3 is 0 Å². The van der Waals surface area contributed by atoms with Crippen molar-refractivity contribution in [3.8, 4) is 0 Å². The van der Waals surface area contributed by atoms with Gasteiger partial charge in [-0.25, -0.2) is 0 Å². The minimum Gasteiger partial charge on any atom is -0.351 e. The molecule has 0 spiro atoms. The fourth-order valence-electron chi connectivity index (χ4n) is 2.97. The van der Waals surface area contributed by atoms with Crippen LogP contribution in [0.5, 0.6) is 0 Å². The second-order valence-corrected chi connectivity index (χ2v) is 6.08. The van der Waals surface area contributed by atoms with Crippen LogP contribution in [0.4, 0.5) is 5.69 Å². The lowest BCUT2D eigenvalue weighted by atomic mass is 10.1. The lowest BCUT2D eigenvalue weighted by Crippen LogP contribution is -2.37. The molecule has 0 bridgehead atoms. The molecular weight excluding hydrogens is 342 g/mol. The summed E-state index contributed by atoms with van der Waals surface area (Å²) in [6.07, 6.45) is 2.99. The minimum absolute atomic E-state index is 0.00299. The summed E-state index contributed by atoms with van der Waals surface area (Å²) >= 11 is 0. The maximum Gasteiger partial charge on any atom is 0.270 e. The third kappa shape index (κ3) is 6.04. The van der Waals surface area contributed by atoms with E-state index in [0.29, 0.717) is 12.1 Å². The summed E-state index contributed by atoms with van der Waals surface area (Å²) in [6, 6.07) is 16.4. The number of hydrogen-bond acceptors (Lipinski definition) is 4. The van der Waals surface area contributed by atoms with Crippen molar-refractivity contribution in [3.63, 3.8) is 0 Å². The number of nitrogens with one attached hydrogen (secondary N) is 1. The predicted octanol–water partition coefficient (Wildman–Crippen LogP) is 3.81. The number of benzene rings is 2. The summed E-state index contributed by atoms with van der Waals surface area (Å²) in [5, 5.41) is 13.8. The number of likely N-dealkylation sites (N-methyl/N-ethyl adjacent to an activating group) is 1. The topological polar surface area (TPSA) is 75.5 Å². The highest BCUT2D eigenvalue weighted by atomic mass is 16.6. The van der Waals surface area contributed by atoms with E-state index in [1.165, 1.54) is 18.2 Å². The molecule has 1 N–H and O–H groups in total. The molecule has 0 aromatic heterocycles. The Labute approximate surface area is 159 Å². The van der Waals surface area contributed by atoms with E-state index in [-0.39, 0.29) is 17.6 Å². The summed E-state index contributed by atoms with van der Waals surface area (Å²) in [4.78, 5) is 24.9. The lowest BCUT2D eigenvalue weighted by molar-refractivity contribution is -0.384. The van der Waals surface area contributed by atoms with E-state index in [0.717, 1.165) is 18.7 Å². The number of nitrogens with zero attached hydrogens (tertiary/aromatic N) is 2. The molecular formula is C21H25N3O3. The van der Waals surface area contributed by atoms with E-state index in [2.05, 4.69) is 36.2 Å². The number of hydrogen-bond donors (Lipinski definition) is 1. The number of amides is 1. The Morgan fingerprint density at radius 2 is 1.85 bits per heavy atom. The molecule has 1 amide bonds. The molecule has 0 saturated heterocycles. The van der Waals surface area contributed by atoms with Gasteiger partial charge in [0, 0.05) is 24.8 Å². The predicted molar refractivity (Wildman–Crippen MR) is 107 cm³/mol. The quantitative estimate of drug-likeness (QED) is 0.415. The average Bonchev–Trinajstić information content (AvgIpc) is 2.70. The number of carbonyl (C=O) groups excluding carboxylic acids is 1. The molecule has 6 heteroatoms. The zero-order chi connectivity index (χ0) is 19.6. The average molecular weight is 367 g/mol. The number of nitro benzene ring substituents is 1. The fraction of sp³-hybridized carbons (Fsp3) is 0.286. The molecule has 2 aromatic carbocycles. The third-order valence-electron chi connectivity index (χ3n) is 4.42. The molecule has 0 radical (unpaired) electrons. The van der Waals surface area contributed by atoms with Gasteiger partial charge < -0.3 is 5.32 Å². The second kappa shape index (κ2) is 10.2. The minimum atomic E-state index is -0.452. The van der Waals surface area contributed by atoms with Gasteiger partial charge in [0.05, 0.1) is 11.0 Å². The first-order chi connectivity index (χ1) is 13.0. The van der Waals surface area contributed by atoms with Crippen LogP contribution < -0.4 is 5.32 Å². The van der Waals surface area contributed by atoms with Gasteiger partial charge in [0.25, 0.3) is 5.69 Å². The van der Waals surface area contributed by atoms with E-state index in [1.54, 1.807) is 18.2 Å². The standard InChI is InChI=1S/C21H25N3O3/c1-3-23(4-2)20(18-10-6-5-7-11-18)16-22-21(25)14-13-17-9-8-12-19(15-17)24(26)27/h5-15,20H,3-4,16H2,1-2H3,(H,22,25)/b14-13+/t20-/m1/s1. The third-order valence-corrected chi connectivity index (χ3v) is 4.42. The molecule has 0 aliphatic carbocycles. The zero-order valence-corrected chi connectivity index (χ0v) is 15.7. The van der Waals surface area contributed by atoms with E-state index in [4.69, 9.17) is 0 Å². The van der Waals surface area contributed by atoms with Gasteiger partial charge in [-0.3, -0.25) is 19.8 Å². The van der Waals surface area contributed by atoms with Crippen LogP contribution in [0.1, 0.15) is 31.0 Å². The van der Waals surface area contributed by atoms with Crippen LogP contribution in [0, 0.1) is 10.1 Å². The van der Waals surface area contributed by atoms with Crippen molar-refractivity contribution in [1.29, 1.82) is 0 Å². The smallest absolute Gasteiger partial charge is 0.270 e. The van der Waals surface area contributed by atoms with Crippen molar-refractivity contribution in [2.24, 2.45) is 0 Å². The summed E-state index contributed by atoms with van der Waals surface area (Å²) < 4.78 is 0. The molecule has 0 unspecified atom stereocenters. The number of carbonyl (C=O) groups is 1. The molecule has 6 nitrogen and oxygen atoms in total. The maximum absolute atomic E-state index is 12.2. The Morgan fingerprint density at radius 1 is 1.15 bits per heavy atom. The van der Waals surface area contributed by atoms with Crippen molar-refractivity contribution < 1.29 is 9.72 Å². The lowest BCUT2D eigenvalue weighted by Gasteiger charge is -2.30. The van der Waals surface area contributed by atoms with Gasteiger partial charge in [0.2, 0.25) is 5.91 Å². The molecule has 0 aliphatic heterocycles. The number of rotatable bonds is 9. The Kier molecular flexibility index (Phi) is 7.70. The summed E-state index contributed by atoms with van der Waals surface area (Å²) in [5.41, 5.74) is 1.77. The van der Waals surface area contributed by atoms with E-state index >= 15 is 0 Å². The molecule has 0 fully saturated rings. The molecule has 142 valence electrons. The fourth-order valence-corrected chi connectivity index (χ4v) is 2.97. The van der Waals surface area contributed by atoms with Gasteiger partial charge in [-0.2, -0.15) is 0 Å². The van der Waals surface area contributed by atoms with Crippen molar-refractivity contribution in [3.05, 3.63) is 81.9 Å². The largest absolute Gasteiger partial charge is 0.351 e. The Balaban J connectivity index is 2.03.